The van der Waals surface area contributed by atoms with E-state index in [9.17, 15) is 19.8 Å². The first kappa shape index (κ1) is 46.1. The molecule has 0 radical (unpaired) electrons. The van der Waals surface area contributed by atoms with E-state index in [0.29, 0.717) is 35.5 Å². The number of carbonyl (C=O) groups is 2. The minimum absolute atomic E-state index is 0.0644. The van der Waals surface area contributed by atoms with E-state index in [4.69, 9.17) is 25.1 Å². The largest absolute Gasteiger partial charge is 0.507 e. The number of carboxylic acids is 1. The first-order chi connectivity index (χ1) is 25.4. The molecule has 6 rings (SSSR count). The second kappa shape index (κ2) is 21.1. The van der Waals surface area contributed by atoms with Crippen LogP contribution in [0.25, 0.3) is 0 Å². The fourth-order valence-electron chi connectivity index (χ4n) is 7.18. The summed E-state index contributed by atoms with van der Waals surface area (Å²) in [6.45, 7) is 19.7. The van der Waals surface area contributed by atoms with E-state index in [1.807, 2.05) is 52.0 Å². The third-order valence-electron chi connectivity index (χ3n) is 12.1. The number of nitrogens with zero attached hydrogens (tertiary/aromatic N) is 2. The smallest absolute Gasteiger partial charge is 0.313 e. The van der Waals surface area contributed by atoms with Gasteiger partial charge in [-0.15, -0.1) is 0 Å². The van der Waals surface area contributed by atoms with E-state index < -0.39 is 16.8 Å². The number of aromatic hydroxyl groups is 2. The lowest BCUT2D eigenvalue weighted by Gasteiger charge is -2.53. The van der Waals surface area contributed by atoms with Crippen LogP contribution in [0.15, 0.2) is 36.4 Å². The number of hydrogen-bond donors (Lipinski definition) is 3. The highest BCUT2D eigenvalue weighted by Gasteiger charge is 2.49. The van der Waals surface area contributed by atoms with Gasteiger partial charge >= 0.3 is 11.9 Å². The SMILES string of the molecule is CCC(C)(C)C(=O)O.CCC(C)(C)C(=O)OCOC1C2CC3CC(C2)CC1C3.CCC(C)c1ccc(O)c(C#N)c1.CCC(C)c1ccc(O)c(C#N)c1. The number of phenolic OH excluding ortho intramolecular Hbond substituents is 2. The van der Waals surface area contributed by atoms with Crippen molar-refractivity contribution < 1.29 is 34.4 Å². The summed E-state index contributed by atoms with van der Waals surface area (Å²) in [5.41, 5.74) is 2.00. The van der Waals surface area contributed by atoms with Gasteiger partial charge in [0.25, 0.3) is 0 Å². The molecule has 3 N–H and O–H groups in total. The van der Waals surface area contributed by atoms with Crippen molar-refractivity contribution >= 4 is 11.9 Å². The van der Waals surface area contributed by atoms with Gasteiger partial charge in [0, 0.05) is 0 Å². The number of aliphatic carboxylic acids is 1. The Balaban J connectivity index is 0.000000263. The van der Waals surface area contributed by atoms with Gasteiger partial charge in [0.2, 0.25) is 0 Å². The zero-order chi connectivity index (χ0) is 40.8. The number of carbonyl (C=O) groups excluding carboxylic acids is 1. The zero-order valence-electron chi connectivity index (χ0n) is 34.4. The van der Waals surface area contributed by atoms with Crippen LogP contribution >= 0.6 is 0 Å². The molecule has 9 nitrogen and oxygen atoms in total. The molecule has 0 saturated heterocycles. The van der Waals surface area contributed by atoms with E-state index in [-0.39, 0.29) is 24.3 Å². The first-order valence-corrected chi connectivity index (χ1v) is 19.9. The summed E-state index contributed by atoms with van der Waals surface area (Å²) >= 11 is 0. The minimum Gasteiger partial charge on any atom is -0.507 e. The van der Waals surface area contributed by atoms with Crippen molar-refractivity contribution in [3.8, 4) is 23.6 Å². The second-order valence-electron chi connectivity index (χ2n) is 16.8. The summed E-state index contributed by atoms with van der Waals surface area (Å²) in [6, 6.07) is 14.3. The van der Waals surface area contributed by atoms with Crippen molar-refractivity contribution in [3.05, 3.63) is 58.7 Å². The highest BCUT2D eigenvalue weighted by atomic mass is 16.7. The molecule has 0 aliphatic heterocycles. The number of nitriles is 2. The fraction of sp³-hybridized carbons (Fsp3) is 0.644. The molecule has 0 amide bonds. The molecule has 4 bridgehead atoms. The predicted molar refractivity (Wildman–Crippen MR) is 212 cm³/mol. The predicted octanol–water partition coefficient (Wildman–Crippen LogP) is 10.8. The number of carboxylic acid groups (broad SMARTS) is 1. The molecule has 0 aromatic heterocycles. The Hall–Kier alpha value is -4.08. The Kier molecular flexibility index (Phi) is 18.0. The van der Waals surface area contributed by atoms with Gasteiger partial charge in [-0.25, -0.2) is 0 Å². The van der Waals surface area contributed by atoms with Crippen molar-refractivity contribution in [3.63, 3.8) is 0 Å². The van der Waals surface area contributed by atoms with Crippen LogP contribution in [0.1, 0.15) is 161 Å². The Bertz CT molecular complexity index is 1500. The molecular formula is C45H66N2O7. The molecule has 4 saturated carbocycles. The average molecular weight is 747 g/mol. The molecule has 2 aromatic rings. The molecule has 0 spiro atoms. The third kappa shape index (κ3) is 13.0. The number of benzene rings is 2. The Labute approximate surface area is 324 Å². The maximum Gasteiger partial charge on any atom is 0.313 e. The van der Waals surface area contributed by atoms with Gasteiger partial charge in [-0.2, -0.15) is 10.5 Å². The van der Waals surface area contributed by atoms with Gasteiger partial charge in [0.1, 0.15) is 23.6 Å². The maximum absolute atomic E-state index is 11.9. The molecule has 298 valence electrons. The molecule has 54 heavy (non-hydrogen) atoms. The van der Waals surface area contributed by atoms with Crippen molar-refractivity contribution in [1.82, 2.24) is 0 Å². The summed E-state index contributed by atoms with van der Waals surface area (Å²) in [5, 5.41) is 44.3. The van der Waals surface area contributed by atoms with Crippen LogP contribution in [-0.4, -0.2) is 40.2 Å². The number of phenols is 2. The first-order valence-electron chi connectivity index (χ1n) is 19.9. The van der Waals surface area contributed by atoms with Gasteiger partial charge < -0.3 is 24.8 Å². The van der Waals surface area contributed by atoms with Crippen molar-refractivity contribution in [2.45, 2.75) is 145 Å². The van der Waals surface area contributed by atoms with Crippen molar-refractivity contribution in [2.75, 3.05) is 6.79 Å². The number of esters is 1. The molecule has 2 atom stereocenters. The van der Waals surface area contributed by atoms with Crippen molar-refractivity contribution in [2.24, 2.45) is 34.5 Å². The average Bonchev–Trinajstić information content (AvgIpc) is 3.15. The highest BCUT2D eigenvalue weighted by molar-refractivity contribution is 5.75. The van der Waals surface area contributed by atoms with E-state index in [1.54, 1.807) is 38.1 Å². The van der Waals surface area contributed by atoms with Gasteiger partial charge in [-0.1, -0.05) is 53.7 Å². The van der Waals surface area contributed by atoms with Crippen LogP contribution in [0.5, 0.6) is 11.5 Å². The zero-order valence-corrected chi connectivity index (χ0v) is 34.4. The van der Waals surface area contributed by atoms with Gasteiger partial charge in [-0.3, -0.25) is 9.59 Å². The number of hydrogen-bond acceptors (Lipinski definition) is 8. The van der Waals surface area contributed by atoms with Crippen LogP contribution < -0.4 is 0 Å². The molecule has 4 aliphatic carbocycles. The summed E-state index contributed by atoms with van der Waals surface area (Å²) in [5.74, 6) is 3.51. The van der Waals surface area contributed by atoms with Crippen molar-refractivity contribution in [1.29, 1.82) is 10.5 Å². The summed E-state index contributed by atoms with van der Waals surface area (Å²) < 4.78 is 11.3. The monoisotopic (exact) mass is 746 g/mol. The highest BCUT2D eigenvalue weighted by Crippen LogP contribution is 2.54. The maximum atomic E-state index is 11.9. The van der Waals surface area contributed by atoms with E-state index >= 15 is 0 Å². The van der Waals surface area contributed by atoms with Gasteiger partial charge in [0.15, 0.2) is 6.79 Å². The fourth-order valence-corrected chi connectivity index (χ4v) is 7.18. The summed E-state index contributed by atoms with van der Waals surface area (Å²) in [6.07, 6.45) is 10.7. The second-order valence-corrected chi connectivity index (χ2v) is 16.8. The van der Waals surface area contributed by atoms with Crippen LogP contribution in [0, 0.1) is 57.2 Å². The quantitative estimate of drug-likeness (QED) is 0.150. The summed E-state index contributed by atoms with van der Waals surface area (Å²) in [7, 11) is 0. The molecule has 2 aromatic carbocycles. The normalized spacial score (nSPS) is 22.0. The third-order valence-corrected chi connectivity index (χ3v) is 12.1. The van der Waals surface area contributed by atoms with Crippen LogP contribution in [0.3, 0.4) is 0 Å². The number of rotatable bonds is 11. The van der Waals surface area contributed by atoms with Gasteiger partial charge in [0.05, 0.1) is 28.1 Å². The van der Waals surface area contributed by atoms with E-state index in [1.165, 1.54) is 32.1 Å². The standard InChI is InChI=1S/C17H28O3.2C11H13NO.C6H12O2/c1-4-17(2,3)16(18)20-10-19-15-13-6-11-5-12(8-13)9-14(15)7-11;2*1-3-8(2)9-4-5-11(13)10(6-9)7-12;1-4-6(2,3)5(7)8/h11-15H,4-10H2,1-3H3;2*4-6,8,13H,3H2,1-2H3;4H2,1-3H3,(H,7,8). The van der Waals surface area contributed by atoms with Gasteiger partial charge in [-0.05, 0) is 156 Å². The van der Waals surface area contributed by atoms with Crippen LogP contribution in [0.4, 0.5) is 0 Å². The van der Waals surface area contributed by atoms with E-state index in [2.05, 4.69) is 27.7 Å². The van der Waals surface area contributed by atoms with Crippen LogP contribution in [-0.2, 0) is 19.1 Å². The lowest BCUT2D eigenvalue weighted by molar-refractivity contribution is -0.193. The molecule has 4 aliphatic rings. The molecular weight excluding hydrogens is 681 g/mol. The Morgan fingerprint density at radius 2 is 1.15 bits per heavy atom. The van der Waals surface area contributed by atoms with Crippen LogP contribution in [0.2, 0.25) is 0 Å². The molecule has 9 heteroatoms. The minimum atomic E-state index is -0.722. The molecule has 0 heterocycles. The number of ether oxygens (including phenoxy) is 2. The Morgan fingerprint density at radius 1 is 0.741 bits per heavy atom. The lowest BCUT2D eigenvalue weighted by Crippen LogP contribution is -2.49. The Morgan fingerprint density at radius 3 is 1.46 bits per heavy atom. The summed E-state index contributed by atoms with van der Waals surface area (Å²) in [4.78, 5) is 22.2. The van der Waals surface area contributed by atoms with E-state index in [0.717, 1.165) is 54.1 Å². The topological polar surface area (TPSA) is 161 Å². The molecule has 2 unspecified atom stereocenters. The molecule has 4 fully saturated rings. The lowest BCUT2D eigenvalue weighted by atomic mass is 9.55.